The predicted molar refractivity (Wildman–Crippen MR) is 123 cm³/mol. The molecule has 2 unspecified atom stereocenters. The number of carbonyl (C=O) groups is 2. The SMILES string of the molecule is CCCOC1=CC=C2C(OS(=O)(=O)C(F)(F)F)=C(C(=O)OC)N(Cc3ccc4c(c3)OCO4)[S+]([O-])C2C1=O. The molecule has 2 aliphatic heterocycles. The van der Waals surface area contributed by atoms with Gasteiger partial charge in [-0.2, -0.15) is 25.9 Å². The lowest BCUT2D eigenvalue weighted by atomic mass is 9.98. The number of methoxy groups -OCH3 is 1. The zero-order valence-corrected chi connectivity index (χ0v) is 21.4. The van der Waals surface area contributed by atoms with E-state index in [4.69, 9.17) is 14.2 Å². The number of hydrogen-bond acceptors (Lipinski definition) is 11. The highest BCUT2D eigenvalue weighted by Crippen LogP contribution is 2.43. The van der Waals surface area contributed by atoms with Gasteiger partial charge in [-0.15, -0.1) is 0 Å². The predicted octanol–water partition coefficient (Wildman–Crippen LogP) is 2.33. The van der Waals surface area contributed by atoms with Crippen molar-refractivity contribution < 1.29 is 58.9 Å². The zero-order chi connectivity index (χ0) is 27.8. The third kappa shape index (κ3) is 5.02. The largest absolute Gasteiger partial charge is 0.592 e. The number of ketones is 1. The lowest BCUT2D eigenvalue weighted by Crippen LogP contribution is -2.51. The van der Waals surface area contributed by atoms with Crippen LogP contribution in [0.2, 0.25) is 0 Å². The van der Waals surface area contributed by atoms with Gasteiger partial charge < -0.3 is 27.7 Å². The van der Waals surface area contributed by atoms with Crippen molar-refractivity contribution in [3.05, 3.63) is 58.7 Å². The van der Waals surface area contributed by atoms with E-state index in [2.05, 4.69) is 8.92 Å². The molecule has 0 bridgehead atoms. The van der Waals surface area contributed by atoms with Crippen molar-refractivity contribution in [3.8, 4) is 11.5 Å². The van der Waals surface area contributed by atoms with Gasteiger partial charge in [0.2, 0.25) is 17.7 Å². The monoisotopic (exact) mass is 579 g/mol. The molecule has 4 rings (SSSR count). The molecule has 11 nitrogen and oxygen atoms in total. The van der Waals surface area contributed by atoms with Gasteiger partial charge in [-0.05, 0) is 36.3 Å². The van der Waals surface area contributed by atoms with Crippen LogP contribution < -0.4 is 9.47 Å². The Hall–Kier alpha value is -3.37. The van der Waals surface area contributed by atoms with Gasteiger partial charge in [0.05, 0.1) is 37.2 Å². The van der Waals surface area contributed by atoms with Crippen LogP contribution in [-0.2, 0) is 51.3 Å². The Morgan fingerprint density at radius 1 is 1.24 bits per heavy atom. The van der Waals surface area contributed by atoms with Crippen molar-refractivity contribution in [2.24, 2.45) is 0 Å². The first-order chi connectivity index (χ1) is 17.9. The van der Waals surface area contributed by atoms with E-state index in [1.165, 1.54) is 18.2 Å². The summed E-state index contributed by atoms with van der Waals surface area (Å²) < 4.78 is 103. The number of Topliss-reactive ketones (excluding diaryl/α,β-unsaturated/α-hetero) is 1. The molecule has 0 amide bonds. The maximum Gasteiger partial charge on any atom is 0.534 e. The molecule has 3 aliphatic rings. The van der Waals surface area contributed by atoms with Gasteiger partial charge in [-0.3, -0.25) is 4.79 Å². The standard InChI is InChI=1S/C22H20F3NO10S2/c1-3-8-33-15-7-5-13-19(36-38(30,31)22(23,24)25)17(21(28)32-2)26(37(29)20(13)18(15)27)10-12-4-6-14-16(9-12)35-11-34-14/h4-7,9,20H,3,8,10-11H2,1-2H3. The van der Waals surface area contributed by atoms with Crippen molar-refractivity contribution in [2.45, 2.75) is 30.6 Å². The molecule has 206 valence electrons. The minimum atomic E-state index is -6.32. The fourth-order valence-electron chi connectivity index (χ4n) is 3.68. The molecule has 2 heterocycles. The maximum atomic E-state index is 13.7. The van der Waals surface area contributed by atoms with Gasteiger partial charge in [0.15, 0.2) is 23.0 Å². The molecule has 0 saturated carbocycles. The summed E-state index contributed by atoms with van der Waals surface area (Å²) >= 11 is -2.46. The topological polar surface area (TPSA) is 141 Å². The molecule has 0 fully saturated rings. The van der Waals surface area contributed by atoms with Crippen LogP contribution in [0.25, 0.3) is 0 Å². The number of halogens is 3. The van der Waals surface area contributed by atoms with Crippen LogP contribution in [0.3, 0.4) is 0 Å². The van der Waals surface area contributed by atoms with Crippen LogP contribution in [0.4, 0.5) is 13.2 Å². The number of carbonyl (C=O) groups excluding carboxylic acids is 2. The van der Waals surface area contributed by atoms with E-state index in [1.54, 1.807) is 6.92 Å². The van der Waals surface area contributed by atoms with Gasteiger partial charge in [-0.1, -0.05) is 13.0 Å². The molecular formula is C22H20F3NO10S2. The Morgan fingerprint density at radius 2 is 1.95 bits per heavy atom. The van der Waals surface area contributed by atoms with Crippen molar-refractivity contribution in [1.82, 2.24) is 4.31 Å². The smallest absolute Gasteiger partial charge is 0.534 e. The second kappa shape index (κ2) is 10.4. The Balaban J connectivity index is 1.88. The van der Waals surface area contributed by atoms with E-state index in [0.29, 0.717) is 23.5 Å². The summed E-state index contributed by atoms with van der Waals surface area (Å²) in [6, 6.07) is 4.47. The molecule has 1 aliphatic carbocycles. The van der Waals surface area contributed by atoms with Gasteiger partial charge in [0.1, 0.15) is 0 Å². The molecule has 0 aromatic heterocycles. The van der Waals surface area contributed by atoms with E-state index >= 15 is 0 Å². The first-order valence-corrected chi connectivity index (χ1v) is 13.5. The van der Waals surface area contributed by atoms with Crippen LogP contribution in [0.1, 0.15) is 18.9 Å². The number of ether oxygens (including phenoxy) is 4. The summed E-state index contributed by atoms with van der Waals surface area (Å²) in [6.45, 7) is 1.36. The number of rotatable bonds is 8. The summed E-state index contributed by atoms with van der Waals surface area (Å²) in [5.41, 5.74) is -6.96. The number of esters is 1. The molecule has 0 saturated heterocycles. The Labute approximate surface area is 217 Å². The van der Waals surface area contributed by atoms with Gasteiger partial charge in [-0.25, -0.2) is 4.79 Å². The van der Waals surface area contributed by atoms with Crippen LogP contribution in [0, 0.1) is 0 Å². The molecule has 38 heavy (non-hydrogen) atoms. The minimum absolute atomic E-state index is 0.0629. The number of allylic oxidation sites excluding steroid dienone is 4. The average Bonchev–Trinajstić information content (AvgIpc) is 3.33. The van der Waals surface area contributed by atoms with E-state index in [0.717, 1.165) is 23.6 Å². The van der Waals surface area contributed by atoms with Gasteiger partial charge in [0.25, 0.3) is 5.78 Å². The number of alkyl halides is 3. The molecule has 2 atom stereocenters. The highest BCUT2D eigenvalue weighted by Gasteiger charge is 2.56. The van der Waals surface area contributed by atoms with Crippen LogP contribution in [0.15, 0.2) is 53.1 Å². The molecular weight excluding hydrogens is 559 g/mol. The molecule has 0 spiro atoms. The van der Waals surface area contributed by atoms with E-state index in [9.17, 15) is 35.7 Å². The van der Waals surface area contributed by atoms with E-state index in [-0.39, 0.29) is 19.2 Å². The molecule has 0 N–H and O–H groups in total. The Morgan fingerprint density at radius 3 is 2.61 bits per heavy atom. The Bertz CT molecular complexity index is 1350. The average molecular weight is 580 g/mol. The number of hydrogen-bond donors (Lipinski definition) is 0. The summed E-state index contributed by atoms with van der Waals surface area (Å²) in [4.78, 5) is 26.0. The maximum absolute atomic E-state index is 13.7. The van der Waals surface area contributed by atoms with Crippen molar-refractivity contribution in [2.75, 3.05) is 20.5 Å². The molecule has 1 aromatic rings. The second-order valence-corrected chi connectivity index (χ2v) is 10.9. The van der Waals surface area contributed by atoms with Crippen LogP contribution in [-0.4, -0.2) is 60.3 Å². The normalized spacial score (nSPS) is 21.0. The quantitative estimate of drug-likeness (QED) is 0.194. The Kier molecular flexibility index (Phi) is 7.58. The fraction of sp³-hybridized carbons (Fsp3) is 0.364. The zero-order valence-electron chi connectivity index (χ0n) is 19.8. The van der Waals surface area contributed by atoms with Crippen molar-refractivity contribution >= 4 is 33.2 Å². The number of benzene rings is 1. The first kappa shape index (κ1) is 27.7. The molecule has 0 radical (unpaired) electrons. The summed E-state index contributed by atoms with van der Waals surface area (Å²) in [5.74, 6) is -2.93. The summed E-state index contributed by atoms with van der Waals surface area (Å²) in [7, 11) is -5.44. The number of nitrogens with zero attached hydrogens (tertiary/aromatic N) is 1. The van der Waals surface area contributed by atoms with Crippen molar-refractivity contribution in [1.29, 1.82) is 0 Å². The van der Waals surface area contributed by atoms with Crippen molar-refractivity contribution in [3.63, 3.8) is 0 Å². The molecule has 16 heteroatoms. The van der Waals surface area contributed by atoms with E-state index < -0.39 is 67.6 Å². The summed E-state index contributed by atoms with van der Waals surface area (Å²) in [5, 5.41) is -1.74. The second-order valence-electron chi connectivity index (χ2n) is 7.90. The highest BCUT2D eigenvalue weighted by molar-refractivity contribution is 7.91. The van der Waals surface area contributed by atoms with Gasteiger partial charge in [0, 0.05) is 0 Å². The van der Waals surface area contributed by atoms with Gasteiger partial charge >= 0.3 is 21.6 Å². The fourth-order valence-corrected chi connectivity index (χ4v) is 5.74. The third-order valence-electron chi connectivity index (χ3n) is 5.40. The molecule has 1 aromatic carbocycles. The lowest BCUT2D eigenvalue weighted by molar-refractivity contribution is -0.137. The van der Waals surface area contributed by atoms with Crippen LogP contribution >= 0.6 is 0 Å². The first-order valence-electron chi connectivity index (χ1n) is 10.9. The highest BCUT2D eigenvalue weighted by atomic mass is 32.2. The summed E-state index contributed by atoms with van der Waals surface area (Å²) in [6.07, 6.45) is 2.61. The minimum Gasteiger partial charge on any atom is -0.592 e. The lowest BCUT2D eigenvalue weighted by Gasteiger charge is -2.38. The number of fused-ring (bicyclic) bond motifs is 2. The third-order valence-corrected chi connectivity index (χ3v) is 7.97. The van der Waals surface area contributed by atoms with E-state index in [1.807, 2.05) is 0 Å². The van der Waals surface area contributed by atoms with Crippen LogP contribution in [0.5, 0.6) is 11.5 Å².